The minimum Gasteiger partial charge on any atom is -0.297 e. The van der Waals surface area contributed by atoms with Crippen LogP contribution in [-0.4, -0.2) is 32.7 Å². The predicted molar refractivity (Wildman–Crippen MR) is 68.7 cm³/mol. The van der Waals surface area contributed by atoms with Gasteiger partial charge in [-0.3, -0.25) is 9.11 Å². The summed E-state index contributed by atoms with van der Waals surface area (Å²) in [6.07, 6.45) is 0. The lowest BCUT2D eigenvalue weighted by Crippen LogP contribution is -2.49. The number of halogens is 2. The smallest absolute Gasteiger partial charge is 0.163 e. The average Bonchev–Trinajstić information content (AvgIpc) is 2.29. The topological polar surface area (TPSA) is 20.3 Å². The highest BCUT2D eigenvalue weighted by Gasteiger charge is 2.33. The summed E-state index contributed by atoms with van der Waals surface area (Å²) in [5.41, 5.74) is 0.360. The highest BCUT2D eigenvalue weighted by Crippen LogP contribution is 2.22. The fraction of sp³-hybridized carbons (Fsp3) is 0.538. The van der Waals surface area contributed by atoms with E-state index in [2.05, 4.69) is 0 Å². The molecule has 2 nitrogen and oxygen atoms in total. The maximum Gasteiger partial charge on any atom is 0.163 e. The van der Waals surface area contributed by atoms with Gasteiger partial charge in [-0.15, -0.1) is 0 Å². The summed E-state index contributed by atoms with van der Waals surface area (Å²) in [5.74, 6) is -1.00. The molecule has 2 rings (SSSR count). The Bertz CT molecular complexity index is 476. The van der Waals surface area contributed by atoms with Gasteiger partial charge < -0.3 is 0 Å². The van der Waals surface area contributed by atoms with E-state index in [4.69, 9.17) is 0 Å². The molecular formula is C13H17F2NOS. The molecule has 1 atom stereocenters. The Hall–Kier alpha value is -0.810. The maximum atomic E-state index is 13.6. The summed E-state index contributed by atoms with van der Waals surface area (Å²) in [6, 6.07) is 4.23. The van der Waals surface area contributed by atoms with Crippen molar-refractivity contribution in [3.63, 3.8) is 0 Å². The van der Waals surface area contributed by atoms with Crippen LogP contribution >= 0.6 is 0 Å². The monoisotopic (exact) mass is 273 g/mol. The first-order valence-corrected chi connectivity index (χ1v) is 7.26. The van der Waals surface area contributed by atoms with Crippen molar-refractivity contribution in [2.75, 3.05) is 18.8 Å². The number of benzene rings is 1. The molecule has 1 heterocycles. The Morgan fingerprint density at radius 1 is 1.39 bits per heavy atom. The van der Waals surface area contributed by atoms with Crippen molar-refractivity contribution < 1.29 is 13.0 Å². The Morgan fingerprint density at radius 3 is 2.78 bits per heavy atom. The minimum atomic E-state index is -0.848. The van der Waals surface area contributed by atoms with Gasteiger partial charge in [-0.05, 0) is 19.9 Å². The molecule has 0 spiro atoms. The van der Waals surface area contributed by atoms with E-state index in [1.54, 1.807) is 6.07 Å². The molecule has 0 aliphatic carbocycles. The van der Waals surface area contributed by atoms with Gasteiger partial charge in [0.2, 0.25) is 0 Å². The highest BCUT2D eigenvalue weighted by molar-refractivity contribution is 7.86. The third-order valence-corrected chi connectivity index (χ3v) is 5.15. The molecule has 1 aromatic rings. The number of hydrogen-bond acceptors (Lipinski definition) is 2. The second-order valence-corrected chi connectivity index (χ2v) is 7.44. The van der Waals surface area contributed by atoms with Crippen molar-refractivity contribution in [1.82, 2.24) is 4.90 Å². The second-order valence-electron chi connectivity index (χ2n) is 5.23. The van der Waals surface area contributed by atoms with Gasteiger partial charge in [0.15, 0.2) is 11.6 Å². The highest BCUT2D eigenvalue weighted by atomic mass is 32.2. The van der Waals surface area contributed by atoms with E-state index in [9.17, 15) is 13.0 Å². The second kappa shape index (κ2) is 5.05. The normalized spacial score (nSPS) is 24.1. The summed E-state index contributed by atoms with van der Waals surface area (Å²) in [4.78, 5) is 2.03. The molecule has 1 aliphatic rings. The molecule has 18 heavy (non-hydrogen) atoms. The average molecular weight is 273 g/mol. The van der Waals surface area contributed by atoms with Gasteiger partial charge in [0.05, 0.1) is 4.75 Å². The van der Waals surface area contributed by atoms with Crippen molar-refractivity contribution in [2.45, 2.75) is 25.1 Å². The van der Waals surface area contributed by atoms with Crippen LogP contribution in [-0.2, 0) is 17.3 Å². The molecule has 1 aliphatic heterocycles. The zero-order chi connectivity index (χ0) is 13.3. The predicted octanol–water partition coefficient (Wildman–Crippen LogP) is 2.31. The molecule has 1 unspecified atom stereocenters. The quantitative estimate of drug-likeness (QED) is 0.824. The van der Waals surface area contributed by atoms with Crippen LogP contribution in [0.2, 0.25) is 0 Å². The molecule has 0 amide bonds. The van der Waals surface area contributed by atoms with Crippen molar-refractivity contribution >= 4 is 10.8 Å². The molecule has 1 aromatic carbocycles. The number of hydrogen-bond donors (Lipinski definition) is 0. The van der Waals surface area contributed by atoms with Crippen molar-refractivity contribution in [3.8, 4) is 0 Å². The molecular weight excluding hydrogens is 256 g/mol. The minimum absolute atomic E-state index is 0.290. The molecule has 1 saturated heterocycles. The molecule has 0 N–H and O–H groups in total. The van der Waals surface area contributed by atoms with Crippen LogP contribution in [0.25, 0.3) is 0 Å². The van der Waals surface area contributed by atoms with E-state index in [0.29, 0.717) is 31.0 Å². The first-order valence-electron chi connectivity index (χ1n) is 5.94. The fourth-order valence-electron chi connectivity index (χ4n) is 2.22. The van der Waals surface area contributed by atoms with Gasteiger partial charge in [0, 0.05) is 41.8 Å². The lowest BCUT2D eigenvalue weighted by molar-refractivity contribution is 0.243. The first kappa shape index (κ1) is 13.6. The molecule has 0 aromatic heterocycles. The SMILES string of the molecule is CC1(C)CN(Cc2cccc(F)c2F)CCS1=O. The molecule has 1 fully saturated rings. The lowest BCUT2D eigenvalue weighted by atomic mass is 10.1. The van der Waals surface area contributed by atoms with E-state index in [1.807, 2.05) is 18.7 Å². The van der Waals surface area contributed by atoms with E-state index >= 15 is 0 Å². The summed E-state index contributed by atoms with van der Waals surface area (Å²) >= 11 is 0. The Balaban J connectivity index is 2.11. The van der Waals surface area contributed by atoms with Crippen LogP contribution in [0.1, 0.15) is 19.4 Å². The summed E-state index contributed by atoms with van der Waals surface area (Å²) < 4.78 is 38.2. The summed E-state index contributed by atoms with van der Waals surface area (Å²) in [5, 5.41) is 0. The largest absolute Gasteiger partial charge is 0.297 e. The van der Waals surface area contributed by atoms with Crippen molar-refractivity contribution in [1.29, 1.82) is 0 Å². The van der Waals surface area contributed by atoms with Gasteiger partial charge in [-0.1, -0.05) is 12.1 Å². The van der Waals surface area contributed by atoms with Gasteiger partial charge in [-0.25, -0.2) is 8.78 Å². The Kier molecular flexibility index (Phi) is 3.82. The van der Waals surface area contributed by atoms with Gasteiger partial charge >= 0.3 is 0 Å². The third kappa shape index (κ3) is 2.78. The number of rotatable bonds is 2. The third-order valence-electron chi connectivity index (χ3n) is 3.24. The fourth-order valence-corrected chi connectivity index (χ4v) is 3.53. The van der Waals surface area contributed by atoms with Gasteiger partial charge in [0.1, 0.15) is 0 Å². The molecule has 100 valence electrons. The van der Waals surface area contributed by atoms with E-state index in [0.717, 1.165) is 6.07 Å². The van der Waals surface area contributed by atoms with E-state index in [-0.39, 0.29) is 4.75 Å². The standard InChI is InChI=1S/C13H17F2NOS/c1-13(2)9-16(6-7-18(13)17)8-10-4-3-5-11(14)12(10)15/h3-5H,6-9H2,1-2H3. The van der Waals surface area contributed by atoms with Crippen LogP contribution in [0.15, 0.2) is 18.2 Å². The molecule has 5 heteroatoms. The van der Waals surface area contributed by atoms with Crippen LogP contribution in [0.3, 0.4) is 0 Å². The number of nitrogens with zero attached hydrogens (tertiary/aromatic N) is 1. The molecule has 0 bridgehead atoms. The van der Waals surface area contributed by atoms with Crippen molar-refractivity contribution in [3.05, 3.63) is 35.4 Å². The van der Waals surface area contributed by atoms with Gasteiger partial charge in [-0.2, -0.15) is 0 Å². The summed E-state index contributed by atoms with van der Waals surface area (Å²) in [7, 11) is -0.848. The van der Waals surface area contributed by atoms with E-state index < -0.39 is 22.4 Å². The van der Waals surface area contributed by atoms with E-state index in [1.165, 1.54) is 6.07 Å². The van der Waals surface area contributed by atoms with Crippen molar-refractivity contribution in [2.24, 2.45) is 0 Å². The van der Waals surface area contributed by atoms with Crippen LogP contribution < -0.4 is 0 Å². The summed E-state index contributed by atoms with van der Waals surface area (Å²) in [6.45, 7) is 5.54. The van der Waals surface area contributed by atoms with Crippen LogP contribution in [0, 0.1) is 11.6 Å². The first-order chi connectivity index (χ1) is 8.40. The lowest BCUT2D eigenvalue weighted by Gasteiger charge is -2.37. The maximum absolute atomic E-state index is 13.6. The van der Waals surface area contributed by atoms with Crippen LogP contribution in [0.4, 0.5) is 8.78 Å². The zero-order valence-electron chi connectivity index (χ0n) is 10.6. The Labute approximate surface area is 108 Å². The Morgan fingerprint density at radius 2 is 2.11 bits per heavy atom. The zero-order valence-corrected chi connectivity index (χ0v) is 11.4. The van der Waals surface area contributed by atoms with Crippen LogP contribution in [0.5, 0.6) is 0 Å². The van der Waals surface area contributed by atoms with Gasteiger partial charge in [0.25, 0.3) is 0 Å². The molecule has 0 saturated carbocycles. The molecule has 0 radical (unpaired) electrons.